The molecule has 0 aliphatic carbocycles. The Hall–Kier alpha value is -0.160. The van der Waals surface area contributed by atoms with Crippen molar-refractivity contribution in [1.82, 2.24) is 4.90 Å². The monoisotopic (exact) mass is 206 g/mol. The smallest absolute Gasteiger partial charge is 0.0448 e. The molecule has 0 rings (SSSR count). The predicted octanol–water partition coefficient (Wildman–Crippen LogP) is 0.0365. The lowest BCUT2D eigenvalue weighted by atomic mass is 10.0. The van der Waals surface area contributed by atoms with Gasteiger partial charge in [0.25, 0.3) is 0 Å². The summed E-state index contributed by atoms with van der Waals surface area (Å²) in [4.78, 5) is 2.05. The van der Waals surface area contributed by atoms with Crippen molar-refractivity contribution in [3.05, 3.63) is 0 Å². The lowest BCUT2D eigenvalue weighted by molar-refractivity contribution is 0.254. The first-order valence-electron chi connectivity index (χ1n) is 4.99. The van der Waals surface area contributed by atoms with E-state index in [2.05, 4.69) is 4.90 Å². The summed E-state index contributed by atoms with van der Waals surface area (Å²) in [6.07, 6.45) is 1.56. The van der Waals surface area contributed by atoms with E-state index in [1.807, 2.05) is 27.9 Å². The number of aliphatic hydroxyl groups is 2. The molecule has 14 heavy (non-hydrogen) atoms. The molecule has 0 bridgehead atoms. The van der Waals surface area contributed by atoms with Gasteiger partial charge in [-0.1, -0.05) is 0 Å². The Morgan fingerprint density at radius 3 is 1.71 bits per heavy atom. The first kappa shape index (κ1) is 16.3. The number of rotatable bonds is 5. The second kappa shape index (κ2) is 9.40. The summed E-state index contributed by atoms with van der Waals surface area (Å²) >= 11 is 0. The number of nitrogens with two attached hydrogens (primary N) is 1. The fourth-order valence-corrected chi connectivity index (χ4v) is 0.675. The summed E-state index contributed by atoms with van der Waals surface area (Å²) in [5.74, 6) is 0. The van der Waals surface area contributed by atoms with Crippen LogP contribution in [-0.2, 0) is 0 Å². The molecule has 0 saturated heterocycles. The van der Waals surface area contributed by atoms with Gasteiger partial charge in [0.1, 0.15) is 0 Å². The molecule has 4 nitrogen and oxygen atoms in total. The van der Waals surface area contributed by atoms with Crippen LogP contribution in [0.25, 0.3) is 0 Å². The summed E-state index contributed by atoms with van der Waals surface area (Å²) in [5.41, 5.74) is 5.29. The Labute approximate surface area is 87.7 Å². The van der Waals surface area contributed by atoms with Crippen LogP contribution in [0.2, 0.25) is 0 Å². The molecular formula is C10H26N2O2. The van der Waals surface area contributed by atoms with E-state index in [1.54, 1.807) is 0 Å². The third-order valence-corrected chi connectivity index (χ3v) is 1.52. The fourth-order valence-electron chi connectivity index (χ4n) is 0.675. The summed E-state index contributed by atoms with van der Waals surface area (Å²) in [6.45, 7) is 5.25. The Bertz CT molecular complexity index is 111. The van der Waals surface area contributed by atoms with Crippen molar-refractivity contribution < 1.29 is 10.2 Å². The SMILES string of the molecule is CC(C)(N)CCO.CN(C)CCCO. The van der Waals surface area contributed by atoms with E-state index in [9.17, 15) is 0 Å². The molecule has 0 aromatic rings. The van der Waals surface area contributed by atoms with Gasteiger partial charge in [-0.3, -0.25) is 0 Å². The molecule has 0 saturated carbocycles. The molecule has 0 unspecified atom stereocenters. The molecule has 0 aliphatic heterocycles. The van der Waals surface area contributed by atoms with Gasteiger partial charge < -0.3 is 20.8 Å². The molecular weight excluding hydrogens is 180 g/mol. The highest BCUT2D eigenvalue weighted by Gasteiger charge is 2.07. The Morgan fingerprint density at radius 1 is 1.14 bits per heavy atom. The Kier molecular flexibility index (Phi) is 10.9. The molecule has 0 amide bonds. The molecule has 88 valence electrons. The molecule has 0 atom stereocenters. The van der Waals surface area contributed by atoms with Crippen LogP contribution in [0, 0.1) is 0 Å². The van der Waals surface area contributed by atoms with Crippen LogP contribution >= 0.6 is 0 Å². The van der Waals surface area contributed by atoms with E-state index < -0.39 is 0 Å². The number of nitrogens with zero attached hydrogens (tertiary/aromatic N) is 1. The summed E-state index contributed by atoms with van der Waals surface area (Å²) in [6, 6.07) is 0. The van der Waals surface area contributed by atoms with Gasteiger partial charge >= 0.3 is 0 Å². The van der Waals surface area contributed by atoms with E-state index in [4.69, 9.17) is 15.9 Å². The zero-order chi connectivity index (χ0) is 11.6. The van der Waals surface area contributed by atoms with E-state index in [0.717, 1.165) is 13.0 Å². The Balaban J connectivity index is 0. The lowest BCUT2D eigenvalue weighted by Gasteiger charge is -2.15. The third-order valence-electron chi connectivity index (χ3n) is 1.52. The Morgan fingerprint density at radius 2 is 1.64 bits per heavy atom. The van der Waals surface area contributed by atoms with Crippen LogP contribution in [0.15, 0.2) is 0 Å². The highest BCUT2D eigenvalue weighted by Crippen LogP contribution is 1.99. The number of hydrogen-bond donors (Lipinski definition) is 3. The molecule has 0 fully saturated rings. The normalized spacial score (nSPS) is 11.1. The van der Waals surface area contributed by atoms with Crippen LogP contribution in [0.4, 0.5) is 0 Å². The van der Waals surface area contributed by atoms with Crippen molar-refractivity contribution in [2.45, 2.75) is 32.2 Å². The highest BCUT2D eigenvalue weighted by atomic mass is 16.3. The van der Waals surface area contributed by atoms with Crippen LogP contribution in [0.1, 0.15) is 26.7 Å². The number of hydrogen-bond acceptors (Lipinski definition) is 4. The van der Waals surface area contributed by atoms with Crippen molar-refractivity contribution in [3.8, 4) is 0 Å². The second-order valence-corrected chi connectivity index (χ2v) is 4.34. The topological polar surface area (TPSA) is 69.7 Å². The van der Waals surface area contributed by atoms with Crippen molar-refractivity contribution in [3.63, 3.8) is 0 Å². The maximum Gasteiger partial charge on any atom is 0.0448 e. The van der Waals surface area contributed by atoms with Crippen LogP contribution in [0.5, 0.6) is 0 Å². The minimum absolute atomic E-state index is 0.184. The van der Waals surface area contributed by atoms with Crippen LogP contribution < -0.4 is 5.73 Å². The minimum atomic E-state index is -0.200. The van der Waals surface area contributed by atoms with Gasteiger partial charge in [-0.25, -0.2) is 0 Å². The fraction of sp³-hybridized carbons (Fsp3) is 1.00. The van der Waals surface area contributed by atoms with Gasteiger partial charge in [0, 0.05) is 18.8 Å². The predicted molar refractivity (Wildman–Crippen MR) is 60.2 cm³/mol. The zero-order valence-corrected chi connectivity index (χ0v) is 9.95. The van der Waals surface area contributed by atoms with E-state index in [1.165, 1.54) is 0 Å². The van der Waals surface area contributed by atoms with Gasteiger partial charge in [0.2, 0.25) is 0 Å². The van der Waals surface area contributed by atoms with Crippen molar-refractivity contribution in [1.29, 1.82) is 0 Å². The molecule has 4 heteroatoms. The maximum absolute atomic E-state index is 8.32. The molecule has 0 aromatic carbocycles. The molecule has 0 aromatic heterocycles. The average molecular weight is 206 g/mol. The quantitative estimate of drug-likeness (QED) is 0.594. The minimum Gasteiger partial charge on any atom is -0.396 e. The first-order chi connectivity index (χ1) is 6.33. The lowest BCUT2D eigenvalue weighted by Crippen LogP contribution is -2.32. The zero-order valence-electron chi connectivity index (χ0n) is 9.95. The van der Waals surface area contributed by atoms with Gasteiger partial charge in [-0.2, -0.15) is 0 Å². The highest BCUT2D eigenvalue weighted by molar-refractivity contribution is 4.69. The third kappa shape index (κ3) is 22.6. The van der Waals surface area contributed by atoms with Gasteiger partial charge in [-0.15, -0.1) is 0 Å². The largest absolute Gasteiger partial charge is 0.396 e. The van der Waals surface area contributed by atoms with E-state index in [0.29, 0.717) is 13.0 Å². The van der Waals surface area contributed by atoms with Gasteiger partial charge in [0.15, 0.2) is 0 Å². The molecule has 0 aliphatic rings. The second-order valence-electron chi connectivity index (χ2n) is 4.34. The maximum atomic E-state index is 8.32. The summed E-state index contributed by atoms with van der Waals surface area (Å²) in [5, 5.41) is 16.6. The van der Waals surface area contributed by atoms with Crippen LogP contribution in [-0.4, -0.2) is 54.5 Å². The van der Waals surface area contributed by atoms with Gasteiger partial charge in [-0.05, 0) is 47.3 Å². The van der Waals surface area contributed by atoms with Gasteiger partial charge in [0.05, 0.1) is 0 Å². The van der Waals surface area contributed by atoms with Crippen molar-refractivity contribution in [2.75, 3.05) is 33.9 Å². The van der Waals surface area contributed by atoms with E-state index in [-0.39, 0.29) is 12.1 Å². The molecule has 4 N–H and O–H groups in total. The molecule has 0 spiro atoms. The summed E-state index contributed by atoms with van der Waals surface area (Å²) < 4.78 is 0. The number of aliphatic hydroxyl groups excluding tert-OH is 2. The van der Waals surface area contributed by atoms with Crippen LogP contribution in [0.3, 0.4) is 0 Å². The first-order valence-corrected chi connectivity index (χ1v) is 4.99. The molecule has 0 heterocycles. The standard InChI is InChI=1S/2C5H13NO/c1-6(2)4-3-5-7;1-5(2,6)3-4-7/h7H,3-5H2,1-2H3;7H,3-4,6H2,1-2H3. The van der Waals surface area contributed by atoms with E-state index >= 15 is 0 Å². The average Bonchev–Trinajstić information content (AvgIpc) is 1.99. The summed E-state index contributed by atoms with van der Waals surface area (Å²) in [7, 11) is 3.99. The van der Waals surface area contributed by atoms with Crippen molar-refractivity contribution in [2.24, 2.45) is 5.73 Å². The van der Waals surface area contributed by atoms with Crippen molar-refractivity contribution >= 4 is 0 Å². The molecule has 0 radical (unpaired) electrons.